The summed E-state index contributed by atoms with van der Waals surface area (Å²) >= 11 is 0. The predicted octanol–water partition coefficient (Wildman–Crippen LogP) is 2.76. The van der Waals surface area contributed by atoms with Crippen LogP contribution in [-0.4, -0.2) is 9.78 Å². The number of fused-ring (bicyclic) bond motifs is 1. The van der Waals surface area contributed by atoms with Gasteiger partial charge in [0, 0.05) is 25.8 Å². The highest BCUT2D eigenvalue weighted by Crippen LogP contribution is 2.25. The average Bonchev–Trinajstić information content (AvgIpc) is 3.03. The molecule has 19 heavy (non-hydrogen) atoms. The smallest absolute Gasteiger partial charge is 0.0762 e. The highest BCUT2D eigenvalue weighted by molar-refractivity contribution is 5.36. The molecule has 1 aliphatic rings. The van der Waals surface area contributed by atoms with Crippen molar-refractivity contribution >= 4 is 0 Å². The van der Waals surface area contributed by atoms with Crippen LogP contribution in [0.25, 0.3) is 0 Å². The maximum Gasteiger partial charge on any atom is 0.0762 e. The molecule has 0 bridgehead atoms. The first-order chi connectivity index (χ1) is 9.22. The molecule has 2 aromatic rings. The lowest BCUT2D eigenvalue weighted by atomic mass is 10.0. The standard InChI is InChI=1S/C16H21N3/c1-12(17-11-16-8-9-19(2)18-16)14-7-6-13-4-3-5-15(13)10-14/h6-10,12,17H,3-5,11H2,1-2H3. The Labute approximate surface area is 114 Å². The molecule has 0 saturated heterocycles. The second-order valence-corrected chi connectivity index (χ2v) is 5.47. The van der Waals surface area contributed by atoms with E-state index in [1.54, 1.807) is 11.1 Å². The van der Waals surface area contributed by atoms with Gasteiger partial charge in [0.15, 0.2) is 0 Å². The fourth-order valence-corrected chi connectivity index (χ4v) is 2.79. The Morgan fingerprint density at radius 1 is 1.26 bits per heavy atom. The van der Waals surface area contributed by atoms with Crippen LogP contribution in [0, 0.1) is 0 Å². The van der Waals surface area contributed by atoms with E-state index in [1.807, 2.05) is 17.9 Å². The Kier molecular flexibility index (Phi) is 3.38. The van der Waals surface area contributed by atoms with Crippen LogP contribution < -0.4 is 5.32 Å². The van der Waals surface area contributed by atoms with E-state index in [-0.39, 0.29) is 0 Å². The summed E-state index contributed by atoms with van der Waals surface area (Å²) in [4.78, 5) is 0. The van der Waals surface area contributed by atoms with Gasteiger partial charge in [-0.25, -0.2) is 0 Å². The third kappa shape index (κ3) is 2.71. The van der Waals surface area contributed by atoms with Crippen LogP contribution in [0.4, 0.5) is 0 Å². The highest BCUT2D eigenvalue weighted by Gasteiger charge is 2.13. The zero-order valence-electron chi connectivity index (χ0n) is 11.7. The zero-order chi connectivity index (χ0) is 13.2. The number of hydrogen-bond donors (Lipinski definition) is 1. The molecule has 1 aromatic carbocycles. The summed E-state index contributed by atoms with van der Waals surface area (Å²) in [5, 5.41) is 7.93. The Bertz CT molecular complexity index is 571. The maximum atomic E-state index is 4.39. The van der Waals surface area contributed by atoms with E-state index >= 15 is 0 Å². The first-order valence-corrected chi connectivity index (χ1v) is 7.06. The van der Waals surface area contributed by atoms with Crippen molar-refractivity contribution in [2.45, 2.75) is 38.8 Å². The lowest BCUT2D eigenvalue weighted by Crippen LogP contribution is -2.18. The van der Waals surface area contributed by atoms with Crippen molar-refractivity contribution in [3.8, 4) is 0 Å². The summed E-state index contributed by atoms with van der Waals surface area (Å²) in [7, 11) is 1.95. The number of nitrogens with zero attached hydrogens (tertiary/aromatic N) is 2. The van der Waals surface area contributed by atoms with Crippen molar-refractivity contribution in [3.05, 3.63) is 52.8 Å². The van der Waals surface area contributed by atoms with Gasteiger partial charge in [0.25, 0.3) is 0 Å². The molecule has 100 valence electrons. The molecule has 0 spiro atoms. The van der Waals surface area contributed by atoms with Crippen LogP contribution >= 0.6 is 0 Å². The van der Waals surface area contributed by atoms with E-state index in [0.717, 1.165) is 12.2 Å². The molecule has 0 fully saturated rings. The molecular weight excluding hydrogens is 234 g/mol. The average molecular weight is 255 g/mol. The van der Waals surface area contributed by atoms with Gasteiger partial charge in [-0.05, 0) is 48.9 Å². The molecule has 1 N–H and O–H groups in total. The topological polar surface area (TPSA) is 29.9 Å². The van der Waals surface area contributed by atoms with Gasteiger partial charge >= 0.3 is 0 Å². The second kappa shape index (κ2) is 5.17. The molecule has 1 unspecified atom stereocenters. The molecule has 0 amide bonds. The number of aromatic nitrogens is 2. The van der Waals surface area contributed by atoms with Gasteiger partial charge in [-0.15, -0.1) is 0 Å². The van der Waals surface area contributed by atoms with E-state index < -0.39 is 0 Å². The molecular formula is C16H21N3. The molecule has 3 heteroatoms. The SMILES string of the molecule is CC(NCc1ccn(C)n1)c1ccc2c(c1)CCC2. The van der Waals surface area contributed by atoms with E-state index in [2.05, 4.69) is 41.6 Å². The van der Waals surface area contributed by atoms with Crippen LogP contribution in [0.15, 0.2) is 30.5 Å². The minimum absolute atomic E-state index is 0.368. The van der Waals surface area contributed by atoms with E-state index in [4.69, 9.17) is 0 Å². The van der Waals surface area contributed by atoms with Crippen molar-refractivity contribution in [1.29, 1.82) is 0 Å². The van der Waals surface area contributed by atoms with Crippen molar-refractivity contribution in [3.63, 3.8) is 0 Å². The molecule has 1 aromatic heterocycles. The van der Waals surface area contributed by atoms with Crippen LogP contribution in [0.3, 0.4) is 0 Å². The molecule has 1 heterocycles. The van der Waals surface area contributed by atoms with Crippen molar-refractivity contribution in [1.82, 2.24) is 15.1 Å². The minimum Gasteiger partial charge on any atom is -0.304 e. The predicted molar refractivity (Wildman–Crippen MR) is 76.9 cm³/mol. The Morgan fingerprint density at radius 2 is 2.11 bits per heavy atom. The zero-order valence-corrected chi connectivity index (χ0v) is 11.7. The van der Waals surface area contributed by atoms with Crippen LogP contribution in [-0.2, 0) is 26.4 Å². The van der Waals surface area contributed by atoms with Gasteiger partial charge in [-0.1, -0.05) is 18.2 Å². The van der Waals surface area contributed by atoms with Crippen molar-refractivity contribution in [2.24, 2.45) is 7.05 Å². The van der Waals surface area contributed by atoms with Crippen LogP contribution in [0.5, 0.6) is 0 Å². The first-order valence-electron chi connectivity index (χ1n) is 7.06. The first kappa shape index (κ1) is 12.4. The third-order valence-electron chi connectivity index (χ3n) is 3.98. The van der Waals surface area contributed by atoms with Gasteiger partial charge in [0.1, 0.15) is 0 Å². The fourth-order valence-electron chi connectivity index (χ4n) is 2.79. The Morgan fingerprint density at radius 3 is 2.89 bits per heavy atom. The third-order valence-corrected chi connectivity index (χ3v) is 3.98. The molecule has 0 saturated carbocycles. The number of benzene rings is 1. The summed E-state index contributed by atoms with van der Waals surface area (Å²) in [6.07, 6.45) is 5.80. The monoisotopic (exact) mass is 255 g/mol. The fraction of sp³-hybridized carbons (Fsp3) is 0.438. The Hall–Kier alpha value is -1.61. The lowest BCUT2D eigenvalue weighted by molar-refractivity contribution is 0.561. The number of nitrogens with one attached hydrogen (secondary N) is 1. The van der Waals surface area contributed by atoms with E-state index in [0.29, 0.717) is 6.04 Å². The summed E-state index contributed by atoms with van der Waals surface area (Å²) < 4.78 is 1.84. The summed E-state index contributed by atoms with van der Waals surface area (Å²) in [6, 6.07) is 9.37. The lowest BCUT2D eigenvalue weighted by Gasteiger charge is -2.14. The number of hydrogen-bond acceptors (Lipinski definition) is 2. The highest BCUT2D eigenvalue weighted by atomic mass is 15.3. The van der Waals surface area contributed by atoms with Gasteiger partial charge in [-0.2, -0.15) is 5.10 Å². The largest absolute Gasteiger partial charge is 0.304 e. The van der Waals surface area contributed by atoms with Crippen LogP contribution in [0.1, 0.15) is 41.8 Å². The van der Waals surface area contributed by atoms with E-state index in [9.17, 15) is 0 Å². The van der Waals surface area contributed by atoms with Crippen molar-refractivity contribution < 1.29 is 0 Å². The molecule has 3 rings (SSSR count). The summed E-state index contributed by atoms with van der Waals surface area (Å²) in [6.45, 7) is 3.04. The normalized spacial score (nSPS) is 15.5. The van der Waals surface area contributed by atoms with Gasteiger partial charge in [0.2, 0.25) is 0 Å². The van der Waals surface area contributed by atoms with Gasteiger partial charge in [-0.3, -0.25) is 4.68 Å². The minimum atomic E-state index is 0.368. The second-order valence-electron chi connectivity index (χ2n) is 5.47. The molecule has 3 nitrogen and oxygen atoms in total. The maximum absolute atomic E-state index is 4.39. The molecule has 1 aliphatic carbocycles. The molecule has 0 radical (unpaired) electrons. The quantitative estimate of drug-likeness (QED) is 0.910. The van der Waals surface area contributed by atoms with Crippen LogP contribution in [0.2, 0.25) is 0 Å². The number of aryl methyl sites for hydroxylation is 3. The summed E-state index contributed by atoms with van der Waals surface area (Å²) in [5.74, 6) is 0. The van der Waals surface area contributed by atoms with Crippen molar-refractivity contribution in [2.75, 3.05) is 0 Å². The number of rotatable bonds is 4. The van der Waals surface area contributed by atoms with Gasteiger partial charge < -0.3 is 5.32 Å². The Balaban J connectivity index is 1.65. The molecule has 0 aliphatic heterocycles. The van der Waals surface area contributed by atoms with Gasteiger partial charge in [0.05, 0.1) is 5.69 Å². The van der Waals surface area contributed by atoms with E-state index in [1.165, 1.54) is 24.8 Å². The summed E-state index contributed by atoms with van der Waals surface area (Å²) in [5.41, 5.74) is 5.57. The molecule has 1 atom stereocenters.